The summed E-state index contributed by atoms with van der Waals surface area (Å²) >= 11 is 0. The summed E-state index contributed by atoms with van der Waals surface area (Å²) in [7, 11) is 0. The molecule has 9 nitrogen and oxygen atoms in total. The van der Waals surface area contributed by atoms with Gasteiger partial charge in [0, 0.05) is 30.7 Å². The lowest BCUT2D eigenvalue weighted by molar-refractivity contribution is -0.162. The molecule has 5 N–H and O–H groups in total. The maximum absolute atomic E-state index is 12.0. The fourth-order valence-corrected chi connectivity index (χ4v) is 1.98. The van der Waals surface area contributed by atoms with Crippen molar-refractivity contribution < 1.29 is 19.4 Å². The van der Waals surface area contributed by atoms with Crippen molar-refractivity contribution in [2.75, 3.05) is 0 Å². The third-order valence-corrected chi connectivity index (χ3v) is 3.39. The second kappa shape index (κ2) is 9.14. The number of carboxylic acid groups (broad SMARTS) is 1. The van der Waals surface area contributed by atoms with Gasteiger partial charge in [0.25, 0.3) is 0 Å². The maximum atomic E-state index is 12.0. The van der Waals surface area contributed by atoms with Gasteiger partial charge in [-0.25, -0.2) is 19.6 Å². The maximum Gasteiger partial charge on any atom is 0.338 e. The first kappa shape index (κ1) is 18.9. The number of aliphatic carboxylic acids is 1. The van der Waals surface area contributed by atoms with Gasteiger partial charge in [0.05, 0.1) is 12.7 Å². The highest BCUT2D eigenvalue weighted by Crippen LogP contribution is 2.13. The molecule has 0 saturated carbocycles. The second-order valence-electron chi connectivity index (χ2n) is 5.35. The number of benzene rings is 1. The van der Waals surface area contributed by atoms with E-state index in [4.69, 9.17) is 10.5 Å². The predicted octanol–water partition coefficient (Wildman–Crippen LogP) is 0.887. The van der Waals surface area contributed by atoms with Crippen molar-refractivity contribution >= 4 is 11.9 Å². The Labute approximate surface area is 149 Å². The van der Waals surface area contributed by atoms with Crippen molar-refractivity contribution in [3.05, 3.63) is 72.8 Å². The molecule has 0 bridgehead atoms. The summed E-state index contributed by atoms with van der Waals surface area (Å²) in [6.07, 6.45) is 7.65. The van der Waals surface area contributed by atoms with Crippen LogP contribution in [-0.2, 0) is 27.4 Å². The Hall–Kier alpha value is -3.46. The molecule has 2 heterocycles. The molecule has 3 aromatic rings. The van der Waals surface area contributed by atoms with Gasteiger partial charge in [-0.05, 0) is 5.56 Å². The first-order chi connectivity index (χ1) is 12.5. The van der Waals surface area contributed by atoms with E-state index in [1.165, 1.54) is 12.5 Å². The van der Waals surface area contributed by atoms with E-state index in [1.54, 1.807) is 43.0 Å². The van der Waals surface area contributed by atoms with Crippen LogP contribution in [0.4, 0.5) is 0 Å². The number of hydrogen-bond acceptors (Lipinski definition) is 6. The smallest absolute Gasteiger partial charge is 0.338 e. The summed E-state index contributed by atoms with van der Waals surface area (Å²) in [6.45, 7) is -0.0329. The molecule has 26 heavy (non-hydrogen) atoms. The first-order valence-electron chi connectivity index (χ1n) is 7.66. The fourth-order valence-electron chi connectivity index (χ4n) is 1.98. The number of carboxylic acids is 1. The highest BCUT2D eigenvalue weighted by Gasteiger charge is 2.44. The van der Waals surface area contributed by atoms with Crippen LogP contribution in [0.2, 0.25) is 0 Å². The topological polar surface area (TPSA) is 147 Å². The van der Waals surface area contributed by atoms with Crippen LogP contribution in [0.25, 0.3) is 0 Å². The number of ether oxygens (including phenoxy) is 1. The fraction of sp³-hybridized carbons (Fsp3) is 0.176. The van der Waals surface area contributed by atoms with Gasteiger partial charge in [-0.2, -0.15) is 0 Å². The van der Waals surface area contributed by atoms with Gasteiger partial charge in [-0.3, -0.25) is 0 Å². The number of hydrogen-bond donors (Lipinski definition) is 4. The second-order valence-corrected chi connectivity index (χ2v) is 5.35. The zero-order valence-corrected chi connectivity index (χ0v) is 13.8. The Morgan fingerprint density at radius 3 is 2.46 bits per heavy atom. The minimum absolute atomic E-state index is 0.0329. The Balaban J connectivity index is 0.000000417. The molecule has 3 rings (SSSR count). The van der Waals surface area contributed by atoms with Crippen molar-refractivity contribution in [1.29, 1.82) is 0 Å². The lowest BCUT2D eigenvalue weighted by Crippen LogP contribution is -2.57. The van der Waals surface area contributed by atoms with Crippen molar-refractivity contribution in [2.45, 2.75) is 18.6 Å². The number of aromatic nitrogens is 4. The van der Waals surface area contributed by atoms with Crippen LogP contribution in [0.15, 0.2) is 61.6 Å². The van der Waals surface area contributed by atoms with Crippen LogP contribution in [0.1, 0.15) is 11.3 Å². The minimum Gasteiger partial charge on any atom is -0.479 e. The molecule has 0 fully saturated rings. The molecule has 0 amide bonds. The largest absolute Gasteiger partial charge is 0.479 e. The molecule has 1 aromatic carbocycles. The molecule has 136 valence electrons. The summed E-state index contributed by atoms with van der Waals surface area (Å²) < 4.78 is 5.02. The minimum atomic E-state index is -2.15. The monoisotopic (exact) mass is 357 g/mol. The number of nitrogens with two attached hydrogens (primary N) is 1. The number of carbonyl (C=O) groups is 2. The summed E-state index contributed by atoms with van der Waals surface area (Å²) in [6, 6.07) is 8.94. The molecule has 0 aliphatic heterocycles. The van der Waals surface area contributed by atoms with Crippen molar-refractivity contribution in [2.24, 2.45) is 5.73 Å². The quantitative estimate of drug-likeness (QED) is 0.378. The number of aromatic amines is 2. The Kier molecular flexibility index (Phi) is 6.63. The molecule has 1 atom stereocenters. The van der Waals surface area contributed by atoms with E-state index in [2.05, 4.69) is 19.9 Å². The lowest BCUT2D eigenvalue weighted by atomic mass is 9.95. The van der Waals surface area contributed by atoms with Crippen LogP contribution in [0.3, 0.4) is 0 Å². The lowest BCUT2D eigenvalue weighted by Gasteiger charge is -2.22. The van der Waals surface area contributed by atoms with Crippen LogP contribution in [-0.4, -0.2) is 42.5 Å². The van der Waals surface area contributed by atoms with Gasteiger partial charge >= 0.3 is 11.9 Å². The molecule has 0 radical (unpaired) electrons. The number of H-pyrrole nitrogens is 2. The van der Waals surface area contributed by atoms with E-state index in [0.717, 1.165) is 5.56 Å². The normalized spacial score (nSPS) is 12.3. The van der Waals surface area contributed by atoms with Crippen molar-refractivity contribution in [1.82, 2.24) is 19.9 Å². The average molecular weight is 357 g/mol. The number of carbonyl (C=O) groups excluding carboxylic acids is 1. The SMILES string of the molecule is N[C@@](Cc1cnc[nH]1)(C(=O)O)C(=O)OCc1ccccc1.c1c[nH]cn1. The molecule has 9 heteroatoms. The summed E-state index contributed by atoms with van der Waals surface area (Å²) in [5.41, 5.74) is 4.76. The summed E-state index contributed by atoms with van der Waals surface area (Å²) in [5, 5.41) is 9.24. The highest BCUT2D eigenvalue weighted by molar-refractivity contribution is 6.04. The van der Waals surface area contributed by atoms with Crippen LogP contribution in [0.5, 0.6) is 0 Å². The zero-order chi connectivity index (χ0) is 18.8. The van der Waals surface area contributed by atoms with Gasteiger partial charge < -0.3 is 25.5 Å². The van der Waals surface area contributed by atoms with Gasteiger partial charge in [0.1, 0.15) is 6.61 Å². The number of rotatable bonds is 6. The van der Waals surface area contributed by atoms with Crippen molar-refractivity contribution in [3.8, 4) is 0 Å². The molecule has 0 spiro atoms. The van der Waals surface area contributed by atoms with Crippen LogP contribution in [0, 0.1) is 0 Å². The molecule has 0 saturated heterocycles. The van der Waals surface area contributed by atoms with E-state index in [-0.39, 0.29) is 13.0 Å². The predicted molar refractivity (Wildman–Crippen MR) is 91.7 cm³/mol. The van der Waals surface area contributed by atoms with Gasteiger partial charge in [0.2, 0.25) is 5.54 Å². The molecular formula is C17H19N5O4. The van der Waals surface area contributed by atoms with Crippen LogP contribution < -0.4 is 5.73 Å². The van der Waals surface area contributed by atoms with Gasteiger partial charge in [-0.15, -0.1) is 0 Å². The Morgan fingerprint density at radius 2 is 1.96 bits per heavy atom. The third-order valence-electron chi connectivity index (χ3n) is 3.39. The van der Waals surface area contributed by atoms with E-state index in [1.807, 2.05) is 6.07 Å². The molecule has 0 aliphatic carbocycles. The molecule has 2 aromatic heterocycles. The van der Waals surface area contributed by atoms with E-state index in [9.17, 15) is 14.7 Å². The van der Waals surface area contributed by atoms with Crippen LogP contribution >= 0.6 is 0 Å². The summed E-state index contributed by atoms with van der Waals surface area (Å²) in [5.74, 6) is -2.44. The first-order valence-corrected chi connectivity index (χ1v) is 7.66. The number of nitrogens with zero attached hydrogens (tertiary/aromatic N) is 2. The van der Waals surface area contributed by atoms with Crippen molar-refractivity contribution in [3.63, 3.8) is 0 Å². The molecular weight excluding hydrogens is 338 g/mol. The Bertz CT molecular complexity index is 773. The zero-order valence-electron chi connectivity index (χ0n) is 13.8. The van der Waals surface area contributed by atoms with E-state index >= 15 is 0 Å². The highest BCUT2D eigenvalue weighted by atomic mass is 16.5. The van der Waals surface area contributed by atoms with E-state index in [0.29, 0.717) is 5.69 Å². The van der Waals surface area contributed by atoms with E-state index < -0.39 is 17.5 Å². The average Bonchev–Trinajstić information content (AvgIpc) is 3.36. The standard InChI is InChI=1S/C14H15N3O4.C3H4N2/c15-14(12(18)19,6-11-7-16-9-17-11)13(20)21-8-10-4-2-1-3-5-10;1-2-5-3-4-1/h1-5,7,9H,6,8,15H2,(H,16,17)(H,18,19);1-3H,(H,4,5)/t14-;/m0./s1. The Morgan fingerprint density at radius 1 is 1.19 bits per heavy atom. The molecule has 0 aliphatic rings. The molecule has 0 unspecified atom stereocenters. The summed E-state index contributed by atoms with van der Waals surface area (Å²) in [4.78, 5) is 36.3. The van der Waals surface area contributed by atoms with Gasteiger partial charge in [-0.1, -0.05) is 30.3 Å². The number of imidazole rings is 2. The van der Waals surface area contributed by atoms with Gasteiger partial charge in [0.15, 0.2) is 0 Å². The number of nitrogens with one attached hydrogen (secondary N) is 2. The third kappa shape index (κ3) is 5.28. The number of esters is 1.